The fourth-order valence-electron chi connectivity index (χ4n) is 3.48. The second-order valence-corrected chi connectivity index (χ2v) is 7.28. The van der Waals surface area contributed by atoms with Crippen molar-refractivity contribution in [2.24, 2.45) is 4.99 Å². The third-order valence-corrected chi connectivity index (χ3v) is 5.19. The minimum Gasteiger partial charge on any atom is -0.308 e. The van der Waals surface area contributed by atoms with Crippen molar-refractivity contribution in [1.29, 1.82) is 0 Å². The number of hydrogen-bond acceptors (Lipinski definition) is 3. The molecule has 3 unspecified atom stereocenters. The third kappa shape index (κ3) is 2.71. The Kier molecular flexibility index (Phi) is 3.76. The zero-order valence-corrected chi connectivity index (χ0v) is 14.2. The average molecular weight is 358 g/mol. The summed E-state index contributed by atoms with van der Waals surface area (Å²) in [5.41, 5.74) is 2.41. The normalized spacial score (nSPS) is 28.3. The van der Waals surface area contributed by atoms with Crippen LogP contribution in [0.1, 0.15) is 25.3 Å². The molecule has 0 aromatic heterocycles. The van der Waals surface area contributed by atoms with E-state index in [1.165, 1.54) is 34.9 Å². The second-order valence-electron chi connectivity index (χ2n) is 6.36. The topological polar surface area (TPSA) is 36.4 Å². The van der Waals surface area contributed by atoms with Crippen LogP contribution in [0.4, 0.5) is 0 Å². The Labute approximate surface area is 139 Å². The van der Waals surface area contributed by atoms with Crippen LogP contribution in [-0.2, 0) is 0 Å². The molecular weight excluding hydrogens is 338 g/mol. The molecule has 2 aromatic rings. The van der Waals surface area contributed by atoms with Crippen LogP contribution in [0.25, 0.3) is 10.8 Å². The molecule has 2 aromatic carbocycles. The molecule has 2 heterocycles. The summed E-state index contributed by atoms with van der Waals surface area (Å²) in [6.07, 6.45) is 2.68. The van der Waals surface area contributed by atoms with Gasteiger partial charge in [-0.15, -0.1) is 0 Å². The highest BCUT2D eigenvalue weighted by Gasteiger charge is 2.30. The van der Waals surface area contributed by atoms with Gasteiger partial charge in [0.05, 0.1) is 5.71 Å². The first-order valence-electron chi connectivity index (χ1n) is 7.95. The fourth-order valence-corrected chi connectivity index (χ4v) is 3.85. The summed E-state index contributed by atoms with van der Waals surface area (Å²) in [6, 6.07) is 14.1. The predicted octanol–water partition coefficient (Wildman–Crippen LogP) is 3.46. The SMILES string of the molecule is CC1CCC(C2N=C(c3ccc4cc(Br)ccc4c3)CN2)N1. The van der Waals surface area contributed by atoms with Crippen molar-refractivity contribution in [3.05, 3.63) is 46.4 Å². The number of hydrogen-bond donors (Lipinski definition) is 2. The van der Waals surface area contributed by atoms with Crippen LogP contribution >= 0.6 is 15.9 Å². The molecule has 0 spiro atoms. The van der Waals surface area contributed by atoms with Crippen LogP contribution in [-0.4, -0.2) is 30.5 Å². The summed E-state index contributed by atoms with van der Waals surface area (Å²) in [5, 5.41) is 9.70. The summed E-state index contributed by atoms with van der Waals surface area (Å²) in [4.78, 5) is 4.93. The van der Waals surface area contributed by atoms with E-state index in [1.54, 1.807) is 0 Å². The predicted molar refractivity (Wildman–Crippen MR) is 95.6 cm³/mol. The van der Waals surface area contributed by atoms with Crippen LogP contribution in [0.5, 0.6) is 0 Å². The molecule has 0 bridgehead atoms. The smallest absolute Gasteiger partial charge is 0.116 e. The molecule has 2 aliphatic rings. The fraction of sp³-hybridized carbons (Fsp3) is 0.389. The number of halogens is 1. The van der Waals surface area contributed by atoms with E-state index < -0.39 is 0 Å². The quantitative estimate of drug-likeness (QED) is 0.863. The standard InChI is InChI=1S/C18H20BrN3/c1-11-2-7-16(21-11)18-20-10-17(22-18)14-4-3-13-9-15(19)6-5-12(13)8-14/h3-6,8-9,11,16,18,20-21H,2,7,10H2,1H3. The van der Waals surface area contributed by atoms with Gasteiger partial charge in [-0.05, 0) is 54.3 Å². The first-order chi connectivity index (χ1) is 10.7. The van der Waals surface area contributed by atoms with Crippen molar-refractivity contribution in [1.82, 2.24) is 10.6 Å². The average Bonchev–Trinajstić information content (AvgIpc) is 3.15. The lowest BCUT2D eigenvalue weighted by atomic mass is 10.0. The van der Waals surface area contributed by atoms with Gasteiger partial charge in [0.1, 0.15) is 6.17 Å². The largest absolute Gasteiger partial charge is 0.308 e. The molecule has 0 saturated carbocycles. The molecule has 3 nitrogen and oxygen atoms in total. The third-order valence-electron chi connectivity index (χ3n) is 4.70. The van der Waals surface area contributed by atoms with Gasteiger partial charge < -0.3 is 5.32 Å². The first kappa shape index (κ1) is 14.4. The lowest BCUT2D eigenvalue weighted by Crippen LogP contribution is -2.42. The Morgan fingerprint density at radius 3 is 2.73 bits per heavy atom. The van der Waals surface area contributed by atoms with Gasteiger partial charge in [0.15, 0.2) is 0 Å². The van der Waals surface area contributed by atoms with Gasteiger partial charge in [-0.1, -0.05) is 34.1 Å². The van der Waals surface area contributed by atoms with Crippen molar-refractivity contribution in [2.45, 2.75) is 38.0 Å². The molecule has 2 N–H and O–H groups in total. The molecule has 1 saturated heterocycles. The molecule has 1 fully saturated rings. The van der Waals surface area contributed by atoms with Gasteiger partial charge in [-0.25, -0.2) is 0 Å². The Balaban J connectivity index is 1.60. The van der Waals surface area contributed by atoms with Gasteiger partial charge >= 0.3 is 0 Å². The minimum absolute atomic E-state index is 0.223. The Bertz CT molecular complexity index is 740. The number of fused-ring (bicyclic) bond motifs is 1. The molecule has 4 heteroatoms. The van der Waals surface area contributed by atoms with Gasteiger partial charge in [-0.2, -0.15) is 0 Å². The first-order valence-corrected chi connectivity index (χ1v) is 8.74. The monoisotopic (exact) mass is 357 g/mol. The van der Waals surface area contributed by atoms with Crippen LogP contribution in [0, 0.1) is 0 Å². The van der Waals surface area contributed by atoms with Crippen molar-refractivity contribution in [2.75, 3.05) is 6.54 Å². The maximum absolute atomic E-state index is 4.93. The van der Waals surface area contributed by atoms with Gasteiger partial charge in [0.2, 0.25) is 0 Å². The molecule has 4 rings (SSSR count). The maximum atomic E-state index is 4.93. The highest BCUT2D eigenvalue weighted by molar-refractivity contribution is 9.10. The Morgan fingerprint density at radius 1 is 1.09 bits per heavy atom. The van der Waals surface area contributed by atoms with E-state index in [2.05, 4.69) is 69.9 Å². The van der Waals surface area contributed by atoms with Crippen molar-refractivity contribution in [3.63, 3.8) is 0 Å². The van der Waals surface area contributed by atoms with E-state index >= 15 is 0 Å². The summed E-state index contributed by atoms with van der Waals surface area (Å²) in [5.74, 6) is 0. The van der Waals surface area contributed by atoms with Gasteiger partial charge in [0, 0.05) is 23.1 Å². The molecular formula is C18H20BrN3. The van der Waals surface area contributed by atoms with Gasteiger partial charge in [0.25, 0.3) is 0 Å². The lowest BCUT2D eigenvalue weighted by Gasteiger charge is -2.17. The summed E-state index contributed by atoms with van der Waals surface area (Å²) >= 11 is 3.53. The van der Waals surface area contributed by atoms with E-state index in [-0.39, 0.29) is 6.17 Å². The molecule has 3 atom stereocenters. The summed E-state index contributed by atoms with van der Waals surface area (Å²) in [7, 11) is 0. The summed E-state index contributed by atoms with van der Waals surface area (Å²) in [6.45, 7) is 3.11. The molecule has 2 aliphatic heterocycles. The van der Waals surface area contributed by atoms with Crippen LogP contribution in [0.2, 0.25) is 0 Å². The minimum atomic E-state index is 0.223. The number of aliphatic imine (C=N–C) groups is 1. The molecule has 22 heavy (non-hydrogen) atoms. The number of nitrogens with zero attached hydrogens (tertiary/aromatic N) is 1. The summed E-state index contributed by atoms with van der Waals surface area (Å²) < 4.78 is 1.12. The molecule has 114 valence electrons. The van der Waals surface area contributed by atoms with E-state index in [1.807, 2.05) is 0 Å². The van der Waals surface area contributed by atoms with E-state index in [0.29, 0.717) is 12.1 Å². The lowest BCUT2D eigenvalue weighted by molar-refractivity contribution is 0.435. The Morgan fingerprint density at radius 2 is 1.91 bits per heavy atom. The van der Waals surface area contributed by atoms with Gasteiger partial charge in [-0.3, -0.25) is 10.3 Å². The van der Waals surface area contributed by atoms with Crippen molar-refractivity contribution in [3.8, 4) is 0 Å². The zero-order valence-electron chi connectivity index (χ0n) is 12.6. The molecule has 0 amide bonds. The van der Waals surface area contributed by atoms with Crippen molar-refractivity contribution < 1.29 is 0 Å². The molecule has 0 aliphatic carbocycles. The molecule has 0 radical (unpaired) electrons. The number of benzene rings is 2. The van der Waals surface area contributed by atoms with Crippen LogP contribution in [0.3, 0.4) is 0 Å². The van der Waals surface area contributed by atoms with E-state index in [4.69, 9.17) is 4.99 Å². The van der Waals surface area contributed by atoms with Crippen LogP contribution < -0.4 is 10.6 Å². The second kappa shape index (κ2) is 5.76. The number of rotatable bonds is 2. The highest BCUT2D eigenvalue weighted by atomic mass is 79.9. The number of nitrogens with one attached hydrogen (secondary N) is 2. The zero-order chi connectivity index (χ0) is 15.1. The van der Waals surface area contributed by atoms with Crippen LogP contribution in [0.15, 0.2) is 45.9 Å². The van der Waals surface area contributed by atoms with E-state index in [9.17, 15) is 0 Å². The maximum Gasteiger partial charge on any atom is 0.116 e. The highest BCUT2D eigenvalue weighted by Crippen LogP contribution is 2.23. The Hall–Kier alpha value is -1.23. The van der Waals surface area contributed by atoms with E-state index in [0.717, 1.165) is 11.0 Å². The van der Waals surface area contributed by atoms with Crippen molar-refractivity contribution >= 4 is 32.4 Å².